The zero-order valence-electron chi connectivity index (χ0n) is 22.5. The lowest BCUT2D eigenvalue weighted by atomic mass is 10.2. The lowest BCUT2D eigenvalue weighted by molar-refractivity contribution is -0.116. The average molecular weight is 551 g/mol. The number of thiazole rings is 1. The van der Waals surface area contributed by atoms with E-state index in [1.807, 2.05) is 24.0 Å². The van der Waals surface area contributed by atoms with Crippen LogP contribution in [0.5, 0.6) is 0 Å². The van der Waals surface area contributed by atoms with E-state index in [2.05, 4.69) is 37.6 Å². The van der Waals surface area contributed by atoms with Crippen LogP contribution in [0, 0.1) is 6.92 Å². The van der Waals surface area contributed by atoms with E-state index in [1.54, 1.807) is 36.3 Å². The second kappa shape index (κ2) is 12.1. The summed E-state index contributed by atoms with van der Waals surface area (Å²) in [4.78, 5) is 34.3. The van der Waals surface area contributed by atoms with Crippen molar-refractivity contribution >= 4 is 39.4 Å². The number of aryl methyl sites for hydroxylation is 1. The molecule has 0 aromatic carbocycles. The van der Waals surface area contributed by atoms with Crippen LogP contribution in [0.2, 0.25) is 0 Å². The van der Waals surface area contributed by atoms with Gasteiger partial charge in [0.25, 0.3) is 5.91 Å². The summed E-state index contributed by atoms with van der Waals surface area (Å²) < 4.78 is 8.64. The van der Waals surface area contributed by atoms with E-state index < -0.39 is 0 Å². The number of hydrogen-bond donors (Lipinski definition) is 2. The van der Waals surface area contributed by atoms with Crippen LogP contribution in [-0.2, 0) is 16.1 Å². The molecule has 0 spiro atoms. The van der Waals surface area contributed by atoms with Crippen LogP contribution < -0.4 is 10.6 Å². The molecule has 4 aromatic heterocycles. The van der Waals surface area contributed by atoms with Crippen molar-refractivity contribution in [2.75, 3.05) is 37.4 Å². The Balaban J connectivity index is 1.22. The second-order valence-corrected chi connectivity index (χ2v) is 10.9. The van der Waals surface area contributed by atoms with Gasteiger partial charge in [0.1, 0.15) is 4.83 Å². The second-order valence-electron chi connectivity index (χ2n) is 9.88. The summed E-state index contributed by atoms with van der Waals surface area (Å²) in [6.45, 7) is 7.35. The zero-order chi connectivity index (χ0) is 27.4. The first-order valence-electron chi connectivity index (χ1n) is 13.2. The number of carbonyl (C=O) groups is 2. The number of anilines is 2. The molecule has 39 heavy (non-hydrogen) atoms. The highest BCUT2D eigenvalue weighted by atomic mass is 32.1. The number of aromatic nitrogens is 5. The molecule has 1 fully saturated rings. The molecule has 1 atom stereocenters. The molecule has 5 rings (SSSR count). The number of likely N-dealkylation sites (tertiary alicyclic amines) is 1. The zero-order valence-corrected chi connectivity index (χ0v) is 23.3. The summed E-state index contributed by atoms with van der Waals surface area (Å²) in [7, 11) is 1.66. The molecule has 0 saturated carbocycles. The number of fused-ring (bicyclic) bond motifs is 1. The van der Waals surface area contributed by atoms with E-state index >= 15 is 0 Å². The van der Waals surface area contributed by atoms with E-state index in [4.69, 9.17) is 4.74 Å². The number of pyridine rings is 1. The monoisotopic (exact) mass is 550 g/mol. The highest BCUT2D eigenvalue weighted by Crippen LogP contribution is 2.31. The van der Waals surface area contributed by atoms with Gasteiger partial charge in [0.2, 0.25) is 5.91 Å². The van der Waals surface area contributed by atoms with Gasteiger partial charge in [0, 0.05) is 37.5 Å². The van der Waals surface area contributed by atoms with Gasteiger partial charge in [-0.25, -0.2) is 4.52 Å². The highest BCUT2D eigenvalue weighted by molar-refractivity contribution is 7.21. The van der Waals surface area contributed by atoms with Crippen molar-refractivity contribution in [1.82, 2.24) is 29.3 Å². The van der Waals surface area contributed by atoms with Crippen LogP contribution >= 0.6 is 11.3 Å². The number of nitrogens with zero attached hydrogens (tertiary/aromatic N) is 6. The Morgan fingerprint density at radius 3 is 2.82 bits per heavy atom. The molecule has 2 N–H and O–H groups in total. The Morgan fingerprint density at radius 2 is 2.03 bits per heavy atom. The van der Waals surface area contributed by atoms with E-state index in [0.717, 1.165) is 34.8 Å². The molecule has 0 radical (unpaired) electrons. The third kappa shape index (κ3) is 6.35. The van der Waals surface area contributed by atoms with Crippen molar-refractivity contribution < 1.29 is 14.3 Å². The Morgan fingerprint density at radius 1 is 1.15 bits per heavy atom. The summed E-state index contributed by atoms with van der Waals surface area (Å²) in [5.74, 6) is -0.345. The normalized spacial score (nSPS) is 15.7. The van der Waals surface area contributed by atoms with E-state index in [1.165, 1.54) is 24.2 Å². The number of rotatable bonds is 11. The SMILES string of the molecule is COCCn1cc(-c2cn3ncc(C(=O)Nc4cc(NC(=O)CCCN5CCC[C@@H]5C)cnc4C)c3s2)cn1. The third-order valence-electron chi connectivity index (χ3n) is 7.04. The lowest BCUT2D eigenvalue weighted by Gasteiger charge is -2.20. The summed E-state index contributed by atoms with van der Waals surface area (Å²) >= 11 is 1.47. The Labute approximate surface area is 231 Å². The van der Waals surface area contributed by atoms with Crippen LogP contribution in [0.3, 0.4) is 0 Å². The number of hydrogen-bond acceptors (Lipinski definition) is 8. The molecule has 4 aromatic rings. The van der Waals surface area contributed by atoms with E-state index in [0.29, 0.717) is 48.2 Å². The fourth-order valence-corrected chi connectivity index (χ4v) is 5.82. The summed E-state index contributed by atoms with van der Waals surface area (Å²) in [6, 6.07) is 2.35. The molecule has 206 valence electrons. The minimum atomic E-state index is -0.290. The van der Waals surface area contributed by atoms with Gasteiger partial charge in [-0.05, 0) is 52.3 Å². The lowest BCUT2D eigenvalue weighted by Crippen LogP contribution is -2.28. The first-order chi connectivity index (χ1) is 18.9. The number of ether oxygens (including phenoxy) is 1. The van der Waals surface area contributed by atoms with Gasteiger partial charge in [-0.2, -0.15) is 10.2 Å². The maximum Gasteiger partial charge on any atom is 0.260 e. The number of nitrogens with one attached hydrogen (secondary N) is 2. The molecule has 11 nitrogen and oxygen atoms in total. The third-order valence-corrected chi connectivity index (χ3v) is 8.20. The van der Waals surface area contributed by atoms with Crippen molar-refractivity contribution in [3.8, 4) is 10.4 Å². The highest BCUT2D eigenvalue weighted by Gasteiger charge is 2.20. The predicted octanol–water partition coefficient (Wildman–Crippen LogP) is 4.06. The molecule has 0 bridgehead atoms. The van der Waals surface area contributed by atoms with Gasteiger partial charge in [-0.15, -0.1) is 11.3 Å². The van der Waals surface area contributed by atoms with Crippen molar-refractivity contribution in [2.45, 2.75) is 52.1 Å². The fraction of sp³-hybridized carbons (Fsp3) is 0.444. The van der Waals surface area contributed by atoms with Crippen molar-refractivity contribution in [1.29, 1.82) is 0 Å². The van der Waals surface area contributed by atoms with Gasteiger partial charge >= 0.3 is 0 Å². The summed E-state index contributed by atoms with van der Waals surface area (Å²) in [5, 5.41) is 14.6. The predicted molar refractivity (Wildman–Crippen MR) is 151 cm³/mol. The van der Waals surface area contributed by atoms with Gasteiger partial charge in [0.15, 0.2) is 0 Å². The Bertz CT molecular complexity index is 1460. The summed E-state index contributed by atoms with van der Waals surface area (Å²) in [6.07, 6.45) is 12.5. The maximum atomic E-state index is 13.2. The molecule has 0 unspecified atom stereocenters. The first kappa shape index (κ1) is 27.0. The minimum Gasteiger partial charge on any atom is -0.383 e. The topological polar surface area (TPSA) is 119 Å². The molecule has 5 heterocycles. The van der Waals surface area contributed by atoms with Crippen molar-refractivity contribution in [3.63, 3.8) is 0 Å². The number of amides is 2. The van der Waals surface area contributed by atoms with Crippen LogP contribution in [0.1, 0.15) is 48.7 Å². The van der Waals surface area contributed by atoms with Crippen LogP contribution in [0.4, 0.5) is 11.4 Å². The standard InChI is InChI=1S/C27H34N8O3S/c1-18-6-4-8-33(18)9-5-7-25(36)31-21-12-23(19(2)28-14-21)32-26(37)22-15-30-35-17-24(39-27(22)35)20-13-29-34(16-20)10-11-38-3/h12-18H,4-11H2,1-3H3,(H,31,36)(H,32,37)/t18-/m0/s1. The molecule has 2 amide bonds. The van der Waals surface area contributed by atoms with Crippen LogP contribution in [0.15, 0.2) is 37.1 Å². The van der Waals surface area contributed by atoms with Gasteiger partial charge < -0.3 is 20.3 Å². The quantitative estimate of drug-likeness (QED) is 0.289. The van der Waals surface area contributed by atoms with Gasteiger partial charge in [-0.1, -0.05) is 0 Å². The van der Waals surface area contributed by atoms with Crippen LogP contribution in [-0.4, -0.2) is 73.9 Å². The number of methoxy groups -OCH3 is 1. The minimum absolute atomic E-state index is 0.0558. The van der Waals surface area contributed by atoms with E-state index in [9.17, 15) is 9.59 Å². The van der Waals surface area contributed by atoms with E-state index in [-0.39, 0.29) is 11.8 Å². The maximum absolute atomic E-state index is 13.2. The number of carbonyl (C=O) groups excluding carboxylic acids is 2. The molecule has 1 saturated heterocycles. The van der Waals surface area contributed by atoms with Gasteiger partial charge in [-0.3, -0.25) is 19.3 Å². The molecule has 1 aliphatic rings. The van der Waals surface area contributed by atoms with Crippen molar-refractivity contribution in [3.05, 3.63) is 48.3 Å². The average Bonchev–Trinajstić information content (AvgIpc) is 3.70. The molecule has 0 aliphatic carbocycles. The van der Waals surface area contributed by atoms with Gasteiger partial charge in [0.05, 0.1) is 59.3 Å². The molecular weight excluding hydrogens is 516 g/mol. The summed E-state index contributed by atoms with van der Waals surface area (Å²) in [5.41, 5.74) is 3.16. The van der Waals surface area contributed by atoms with Crippen LogP contribution in [0.25, 0.3) is 15.3 Å². The molecular formula is C27H34N8O3S. The Hall–Kier alpha value is -3.61. The Kier molecular flexibility index (Phi) is 8.34. The first-order valence-corrected chi connectivity index (χ1v) is 14.0. The smallest absolute Gasteiger partial charge is 0.260 e. The van der Waals surface area contributed by atoms with Crippen molar-refractivity contribution in [2.24, 2.45) is 0 Å². The molecule has 12 heteroatoms. The fourth-order valence-electron chi connectivity index (χ4n) is 4.78. The molecule has 1 aliphatic heterocycles. The largest absolute Gasteiger partial charge is 0.383 e.